The number of aromatic hydroxyl groups is 1. The maximum atomic E-state index is 11.9. The number of hydrogen-bond acceptors (Lipinski definition) is 3. The van der Waals surface area contributed by atoms with E-state index in [0.717, 1.165) is 5.56 Å². The minimum Gasteiger partial charge on any atom is -0.506 e. The zero-order valence-electron chi connectivity index (χ0n) is 10.6. The van der Waals surface area contributed by atoms with Gasteiger partial charge in [0.25, 0.3) is 0 Å². The van der Waals surface area contributed by atoms with Crippen molar-refractivity contribution in [2.45, 2.75) is 27.7 Å². The van der Waals surface area contributed by atoms with Crippen molar-refractivity contribution in [3.63, 3.8) is 0 Å². The lowest BCUT2D eigenvalue weighted by molar-refractivity contribution is 0.462. The van der Waals surface area contributed by atoms with Crippen molar-refractivity contribution in [2.75, 3.05) is 10.5 Å². The first-order chi connectivity index (χ1) is 7.59. The fourth-order valence-corrected chi connectivity index (χ4v) is 3.22. The van der Waals surface area contributed by atoms with Crippen molar-refractivity contribution in [1.29, 1.82) is 0 Å². The second-order valence-corrected chi connectivity index (χ2v) is 7.16. The molecule has 0 saturated carbocycles. The summed E-state index contributed by atoms with van der Waals surface area (Å²) in [6.07, 6.45) is 0. The Labute approximate surface area is 103 Å². The number of rotatable bonds is 3. The van der Waals surface area contributed by atoms with E-state index in [2.05, 4.69) is 4.72 Å². The van der Waals surface area contributed by atoms with E-state index in [4.69, 9.17) is 0 Å². The van der Waals surface area contributed by atoms with E-state index in [1.54, 1.807) is 12.1 Å². The molecule has 0 saturated heterocycles. The van der Waals surface area contributed by atoms with Crippen LogP contribution in [0.1, 0.15) is 26.3 Å². The third kappa shape index (κ3) is 4.65. The van der Waals surface area contributed by atoms with Gasteiger partial charge in [-0.2, -0.15) is 0 Å². The minimum atomic E-state index is -3.44. The van der Waals surface area contributed by atoms with Gasteiger partial charge in [0.2, 0.25) is 10.0 Å². The molecule has 0 aliphatic heterocycles. The SMILES string of the molecule is Cc1ccc(O)c(NS(=O)(=O)CC(C)(C)C)c1. The molecule has 17 heavy (non-hydrogen) atoms. The molecule has 0 bridgehead atoms. The zero-order chi connectivity index (χ0) is 13.3. The second-order valence-electron chi connectivity index (χ2n) is 5.44. The molecule has 0 fully saturated rings. The fourth-order valence-electron chi connectivity index (χ4n) is 1.51. The number of aryl methyl sites for hydroxylation is 1. The normalized spacial score (nSPS) is 12.5. The molecule has 0 atom stereocenters. The van der Waals surface area contributed by atoms with Crippen LogP contribution in [0, 0.1) is 12.3 Å². The van der Waals surface area contributed by atoms with Crippen LogP contribution in [-0.4, -0.2) is 19.3 Å². The maximum Gasteiger partial charge on any atom is 0.233 e. The highest BCUT2D eigenvalue weighted by molar-refractivity contribution is 7.92. The summed E-state index contributed by atoms with van der Waals surface area (Å²) in [5, 5.41) is 9.57. The van der Waals surface area contributed by atoms with E-state index in [9.17, 15) is 13.5 Å². The summed E-state index contributed by atoms with van der Waals surface area (Å²) in [6.45, 7) is 7.38. The molecule has 0 spiro atoms. The lowest BCUT2D eigenvalue weighted by atomic mass is 10.0. The van der Waals surface area contributed by atoms with Crippen molar-refractivity contribution in [1.82, 2.24) is 0 Å². The third-order valence-electron chi connectivity index (χ3n) is 2.04. The van der Waals surface area contributed by atoms with Crippen LogP contribution < -0.4 is 4.72 Å². The standard InChI is InChI=1S/C12H19NO3S/c1-9-5-6-11(14)10(7-9)13-17(15,16)8-12(2,3)4/h5-7,13-14H,8H2,1-4H3. The number of phenols is 1. The summed E-state index contributed by atoms with van der Waals surface area (Å²) >= 11 is 0. The molecule has 0 aliphatic rings. The first-order valence-electron chi connectivity index (χ1n) is 5.39. The highest BCUT2D eigenvalue weighted by Gasteiger charge is 2.22. The number of anilines is 1. The van der Waals surface area contributed by atoms with Crippen molar-refractivity contribution >= 4 is 15.7 Å². The van der Waals surface area contributed by atoms with Crippen LogP contribution >= 0.6 is 0 Å². The Kier molecular flexibility index (Phi) is 3.71. The molecule has 0 aromatic heterocycles. The molecule has 1 rings (SSSR count). The lowest BCUT2D eigenvalue weighted by Crippen LogP contribution is -2.26. The highest BCUT2D eigenvalue weighted by atomic mass is 32.2. The van der Waals surface area contributed by atoms with Crippen LogP contribution in [0.5, 0.6) is 5.75 Å². The largest absolute Gasteiger partial charge is 0.506 e. The Balaban J connectivity index is 2.94. The number of benzene rings is 1. The average molecular weight is 257 g/mol. The molecule has 1 aromatic rings. The van der Waals surface area contributed by atoms with Gasteiger partial charge < -0.3 is 5.11 Å². The van der Waals surface area contributed by atoms with Gasteiger partial charge in [-0.05, 0) is 30.0 Å². The summed E-state index contributed by atoms with van der Waals surface area (Å²) < 4.78 is 26.1. The number of hydrogen-bond donors (Lipinski definition) is 2. The topological polar surface area (TPSA) is 66.4 Å². The van der Waals surface area contributed by atoms with E-state index < -0.39 is 10.0 Å². The molecule has 96 valence electrons. The van der Waals surface area contributed by atoms with Gasteiger partial charge in [0, 0.05) is 0 Å². The Morgan fingerprint density at radius 3 is 2.41 bits per heavy atom. The predicted molar refractivity (Wildman–Crippen MR) is 69.7 cm³/mol. The molecular formula is C12H19NO3S. The second kappa shape index (κ2) is 4.56. The van der Waals surface area contributed by atoms with Gasteiger partial charge in [-0.3, -0.25) is 4.72 Å². The van der Waals surface area contributed by atoms with E-state index in [-0.39, 0.29) is 22.6 Å². The van der Waals surface area contributed by atoms with Gasteiger partial charge in [0.05, 0.1) is 11.4 Å². The zero-order valence-corrected chi connectivity index (χ0v) is 11.4. The monoisotopic (exact) mass is 257 g/mol. The lowest BCUT2D eigenvalue weighted by Gasteiger charge is -2.19. The summed E-state index contributed by atoms with van der Waals surface area (Å²) in [6, 6.07) is 4.80. The minimum absolute atomic E-state index is 0.00732. The first-order valence-corrected chi connectivity index (χ1v) is 7.04. The predicted octanol–water partition coefficient (Wildman–Crippen LogP) is 2.49. The van der Waals surface area contributed by atoms with E-state index in [0.29, 0.717) is 0 Å². The Hall–Kier alpha value is -1.23. The molecule has 0 aliphatic carbocycles. The summed E-state index contributed by atoms with van der Waals surface area (Å²) in [5.74, 6) is -0.0546. The Morgan fingerprint density at radius 2 is 1.88 bits per heavy atom. The fraction of sp³-hybridized carbons (Fsp3) is 0.500. The van der Waals surface area contributed by atoms with Crippen molar-refractivity contribution < 1.29 is 13.5 Å². The van der Waals surface area contributed by atoms with Gasteiger partial charge in [0.15, 0.2) is 0 Å². The third-order valence-corrected chi connectivity index (χ3v) is 3.82. The van der Waals surface area contributed by atoms with Crippen LogP contribution in [0.3, 0.4) is 0 Å². The van der Waals surface area contributed by atoms with E-state index in [1.807, 2.05) is 27.7 Å². The molecule has 2 N–H and O–H groups in total. The summed E-state index contributed by atoms with van der Waals surface area (Å²) in [5.41, 5.74) is 0.788. The van der Waals surface area contributed by atoms with Crippen molar-refractivity contribution in [3.05, 3.63) is 23.8 Å². The van der Waals surface area contributed by atoms with Gasteiger partial charge in [-0.1, -0.05) is 26.8 Å². The van der Waals surface area contributed by atoms with Crippen LogP contribution in [0.4, 0.5) is 5.69 Å². The summed E-state index contributed by atoms with van der Waals surface area (Å²) in [7, 11) is -3.44. The molecule has 0 unspecified atom stereocenters. The van der Waals surface area contributed by atoms with Gasteiger partial charge in [0.1, 0.15) is 5.75 Å². The molecule has 5 heteroatoms. The van der Waals surface area contributed by atoms with Crippen LogP contribution in [0.25, 0.3) is 0 Å². The van der Waals surface area contributed by atoms with Crippen LogP contribution in [0.2, 0.25) is 0 Å². The molecule has 4 nitrogen and oxygen atoms in total. The van der Waals surface area contributed by atoms with Crippen LogP contribution in [-0.2, 0) is 10.0 Å². The molecular weight excluding hydrogens is 238 g/mol. The highest BCUT2D eigenvalue weighted by Crippen LogP contribution is 2.26. The number of phenolic OH excluding ortho intramolecular Hbond substituents is 1. The van der Waals surface area contributed by atoms with Crippen molar-refractivity contribution in [3.8, 4) is 5.75 Å². The van der Waals surface area contributed by atoms with Gasteiger partial charge >= 0.3 is 0 Å². The molecule has 0 radical (unpaired) electrons. The number of nitrogens with one attached hydrogen (secondary N) is 1. The van der Waals surface area contributed by atoms with Crippen LogP contribution in [0.15, 0.2) is 18.2 Å². The number of sulfonamides is 1. The smallest absolute Gasteiger partial charge is 0.233 e. The Morgan fingerprint density at radius 1 is 1.29 bits per heavy atom. The molecule has 0 heterocycles. The molecule has 0 amide bonds. The van der Waals surface area contributed by atoms with Crippen molar-refractivity contribution in [2.24, 2.45) is 5.41 Å². The van der Waals surface area contributed by atoms with E-state index >= 15 is 0 Å². The van der Waals surface area contributed by atoms with E-state index in [1.165, 1.54) is 6.07 Å². The first kappa shape index (κ1) is 13.8. The Bertz CT molecular complexity index is 501. The maximum absolute atomic E-state index is 11.9. The van der Waals surface area contributed by atoms with Gasteiger partial charge in [-0.15, -0.1) is 0 Å². The summed E-state index contributed by atoms with van der Waals surface area (Å²) in [4.78, 5) is 0. The molecule has 1 aromatic carbocycles. The average Bonchev–Trinajstić information content (AvgIpc) is 2.06. The quantitative estimate of drug-likeness (QED) is 0.817. The van der Waals surface area contributed by atoms with Gasteiger partial charge in [-0.25, -0.2) is 8.42 Å².